The van der Waals surface area contributed by atoms with Crippen molar-refractivity contribution < 1.29 is 9.53 Å². The van der Waals surface area contributed by atoms with Gasteiger partial charge in [-0.25, -0.2) is 9.78 Å². The van der Waals surface area contributed by atoms with Crippen LogP contribution >= 0.6 is 11.3 Å². The molecule has 6 heteroatoms. The molecule has 1 aromatic rings. The average Bonchev–Trinajstić information content (AvgIpc) is 3.07. The normalized spacial score (nSPS) is 18.5. The lowest BCUT2D eigenvalue weighted by Crippen LogP contribution is -2.37. The van der Waals surface area contributed by atoms with E-state index in [9.17, 15) is 4.79 Å². The fourth-order valence-electron chi connectivity index (χ4n) is 2.16. The summed E-state index contributed by atoms with van der Waals surface area (Å²) in [6.45, 7) is 3.08. The van der Waals surface area contributed by atoms with Crippen LogP contribution in [0.5, 0.6) is 0 Å². The molecule has 19 heavy (non-hydrogen) atoms. The maximum Gasteiger partial charge on any atom is 0.317 e. The number of thiazole rings is 1. The molecule has 0 unspecified atom stereocenters. The highest BCUT2D eigenvalue weighted by atomic mass is 32.1. The van der Waals surface area contributed by atoms with Gasteiger partial charge in [0.15, 0.2) is 0 Å². The van der Waals surface area contributed by atoms with Crippen LogP contribution < -0.4 is 5.32 Å². The fraction of sp³-hybridized carbons (Fsp3) is 0.692. The highest BCUT2D eigenvalue weighted by molar-refractivity contribution is 7.07. The third-order valence-electron chi connectivity index (χ3n) is 3.32. The Balaban J connectivity index is 1.58. The van der Waals surface area contributed by atoms with E-state index in [1.165, 1.54) is 0 Å². The molecule has 0 radical (unpaired) electrons. The lowest BCUT2D eigenvalue weighted by atomic mass is 10.0. The number of carbonyl (C=O) groups is 1. The van der Waals surface area contributed by atoms with Crippen molar-refractivity contribution in [2.45, 2.75) is 25.8 Å². The minimum Gasteiger partial charge on any atom is -0.381 e. The second-order valence-electron chi connectivity index (χ2n) is 4.94. The van der Waals surface area contributed by atoms with Gasteiger partial charge < -0.3 is 15.0 Å². The lowest BCUT2D eigenvalue weighted by Gasteiger charge is -2.17. The zero-order chi connectivity index (χ0) is 13.5. The number of amides is 2. The van der Waals surface area contributed by atoms with E-state index < -0.39 is 0 Å². The van der Waals surface area contributed by atoms with E-state index in [-0.39, 0.29) is 6.03 Å². The van der Waals surface area contributed by atoms with Gasteiger partial charge in [0.2, 0.25) is 0 Å². The highest BCUT2D eigenvalue weighted by Crippen LogP contribution is 2.17. The first-order valence-electron chi connectivity index (χ1n) is 6.69. The third-order valence-corrected chi connectivity index (χ3v) is 3.95. The Labute approximate surface area is 118 Å². The zero-order valence-electron chi connectivity index (χ0n) is 11.3. The topological polar surface area (TPSA) is 54.5 Å². The molecule has 2 heterocycles. The van der Waals surface area contributed by atoms with Crippen molar-refractivity contribution in [1.82, 2.24) is 15.2 Å². The van der Waals surface area contributed by atoms with Crippen LogP contribution in [0.2, 0.25) is 0 Å². The van der Waals surface area contributed by atoms with E-state index in [2.05, 4.69) is 10.3 Å². The van der Waals surface area contributed by atoms with Crippen molar-refractivity contribution in [2.75, 3.05) is 26.8 Å². The molecular formula is C13H21N3O2S. The second kappa shape index (κ2) is 7.45. The van der Waals surface area contributed by atoms with Crippen molar-refractivity contribution in [2.24, 2.45) is 5.92 Å². The smallest absolute Gasteiger partial charge is 0.317 e. The quantitative estimate of drug-likeness (QED) is 0.813. The molecule has 1 saturated heterocycles. The first kappa shape index (κ1) is 14.3. The standard InChI is InChI=1S/C13H21N3O2S/c1-16(7-12-9-19-10-15-12)13(17)14-5-2-3-11-4-6-18-8-11/h9-11H,2-8H2,1H3,(H,14,17)/t11-/m1/s1. The molecule has 0 aromatic carbocycles. The molecule has 1 aromatic heterocycles. The Morgan fingerprint density at radius 3 is 3.26 bits per heavy atom. The van der Waals surface area contributed by atoms with E-state index in [4.69, 9.17) is 4.74 Å². The average molecular weight is 283 g/mol. The van der Waals surface area contributed by atoms with Crippen molar-refractivity contribution in [3.05, 3.63) is 16.6 Å². The van der Waals surface area contributed by atoms with Crippen LogP contribution in [0.25, 0.3) is 0 Å². The zero-order valence-corrected chi connectivity index (χ0v) is 12.1. The molecule has 1 fully saturated rings. The number of hydrogen-bond donors (Lipinski definition) is 1. The van der Waals surface area contributed by atoms with Crippen LogP contribution in [0.3, 0.4) is 0 Å². The van der Waals surface area contributed by atoms with Crippen molar-refractivity contribution in [3.63, 3.8) is 0 Å². The molecule has 0 saturated carbocycles. The van der Waals surface area contributed by atoms with Gasteiger partial charge in [-0.05, 0) is 25.2 Å². The van der Waals surface area contributed by atoms with Gasteiger partial charge in [0.25, 0.3) is 0 Å². The summed E-state index contributed by atoms with van der Waals surface area (Å²) in [5.74, 6) is 0.685. The summed E-state index contributed by atoms with van der Waals surface area (Å²) >= 11 is 1.55. The van der Waals surface area contributed by atoms with Crippen molar-refractivity contribution in [1.29, 1.82) is 0 Å². The molecule has 1 aliphatic rings. The maximum atomic E-state index is 11.8. The van der Waals surface area contributed by atoms with Crippen LogP contribution in [0.4, 0.5) is 4.79 Å². The minimum absolute atomic E-state index is 0.0318. The summed E-state index contributed by atoms with van der Waals surface area (Å²) in [5.41, 5.74) is 2.72. The lowest BCUT2D eigenvalue weighted by molar-refractivity contribution is 0.183. The van der Waals surface area contributed by atoms with Crippen LogP contribution in [0.15, 0.2) is 10.9 Å². The predicted molar refractivity (Wildman–Crippen MR) is 75.1 cm³/mol. The summed E-state index contributed by atoms with van der Waals surface area (Å²) in [6.07, 6.45) is 3.32. The number of carbonyl (C=O) groups excluding carboxylic acids is 1. The van der Waals surface area contributed by atoms with Gasteiger partial charge in [-0.2, -0.15) is 0 Å². The molecule has 2 amide bonds. The molecule has 0 aliphatic carbocycles. The summed E-state index contributed by atoms with van der Waals surface area (Å²) in [4.78, 5) is 17.7. The molecule has 1 atom stereocenters. The fourth-order valence-corrected chi connectivity index (χ4v) is 2.71. The largest absolute Gasteiger partial charge is 0.381 e. The van der Waals surface area contributed by atoms with E-state index >= 15 is 0 Å². The van der Waals surface area contributed by atoms with E-state index in [0.29, 0.717) is 12.5 Å². The number of hydrogen-bond acceptors (Lipinski definition) is 4. The monoisotopic (exact) mass is 283 g/mol. The first-order valence-corrected chi connectivity index (χ1v) is 7.64. The summed E-state index contributed by atoms with van der Waals surface area (Å²) in [7, 11) is 1.79. The number of urea groups is 1. The van der Waals surface area contributed by atoms with Gasteiger partial charge in [0.1, 0.15) is 0 Å². The Bertz CT molecular complexity index is 377. The number of rotatable bonds is 6. The Morgan fingerprint density at radius 1 is 1.68 bits per heavy atom. The van der Waals surface area contributed by atoms with Crippen molar-refractivity contribution >= 4 is 17.4 Å². The summed E-state index contributed by atoms with van der Waals surface area (Å²) < 4.78 is 5.33. The van der Waals surface area contributed by atoms with Gasteiger partial charge in [-0.15, -0.1) is 11.3 Å². The van der Waals surface area contributed by atoms with E-state index in [1.54, 1.807) is 28.8 Å². The molecule has 5 nitrogen and oxygen atoms in total. The molecule has 0 spiro atoms. The SMILES string of the molecule is CN(Cc1cscn1)C(=O)NCCC[C@@H]1CCOC1. The van der Waals surface area contributed by atoms with Gasteiger partial charge in [-0.3, -0.25) is 0 Å². The van der Waals surface area contributed by atoms with E-state index in [1.807, 2.05) is 5.38 Å². The number of nitrogens with one attached hydrogen (secondary N) is 1. The second-order valence-corrected chi connectivity index (χ2v) is 5.66. The van der Waals surface area contributed by atoms with Gasteiger partial charge in [0.05, 0.1) is 17.7 Å². The van der Waals surface area contributed by atoms with Crippen LogP contribution in [0.1, 0.15) is 25.0 Å². The van der Waals surface area contributed by atoms with Crippen LogP contribution in [-0.2, 0) is 11.3 Å². The first-order chi connectivity index (χ1) is 9.25. The van der Waals surface area contributed by atoms with Crippen LogP contribution in [0, 0.1) is 5.92 Å². The molecule has 1 N–H and O–H groups in total. The van der Waals surface area contributed by atoms with Crippen molar-refractivity contribution in [3.8, 4) is 0 Å². The minimum atomic E-state index is -0.0318. The van der Waals surface area contributed by atoms with Gasteiger partial charge in [0, 0.05) is 32.2 Å². The van der Waals surface area contributed by atoms with Gasteiger partial charge >= 0.3 is 6.03 Å². The van der Waals surface area contributed by atoms with Crippen LogP contribution in [-0.4, -0.2) is 42.7 Å². The number of ether oxygens (including phenoxy) is 1. The Hall–Kier alpha value is -1.14. The predicted octanol–water partition coefficient (Wildman–Crippen LogP) is 2.10. The Kier molecular flexibility index (Phi) is 5.60. The molecule has 0 bridgehead atoms. The maximum absolute atomic E-state index is 11.8. The highest BCUT2D eigenvalue weighted by Gasteiger charge is 2.15. The third kappa shape index (κ3) is 4.80. The Morgan fingerprint density at radius 2 is 2.58 bits per heavy atom. The number of nitrogens with zero attached hydrogens (tertiary/aromatic N) is 2. The number of aromatic nitrogens is 1. The molecule has 106 valence electrons. The molecular weight excluding hydrogens is 262 g/mol. The molecule has 2 rings (SSSR count). The van der Waals surface area contributed by atoms with E-state index in [0.717, 1.165) is 44.7 Å². The summed E-state index contributed by atoms with van der Waals surface area (Å²) in [5, 5.41) is 4.90. The molecule has 1 aliphatic heterocycles. The summed E-state index contributed by atoms with van der Waals surface area (Å²) in [6, 6.07) is -0.0318. The van der Waals surface area contributed by atoms with Gasteiger partial charge in [-0.1, -0.05) is 0 Å².